The zero-order valence-electron chi connectivity index (χ0n) is 21.1. The Balaban J connectivity index is 2.05. The summed E-state index contributed by atoms with van der Waals surface area (Å²) in [6, 6.07) is 18.4. The first kappa shape index (κ1) is 30.0. The lowest BCUT2D eigenvalue weighted by molar-refractivity contribution is -0.139. The Morgan fingerprint density at radius 1 is 0.921 bits per heavy atom. The van der Waals surface area contributed by atoms with Crippen molar-refractivity contribution < 1.29 is 18.0 Å². The average molecular weight is 641 g/mol. The van der Waals surface area contributed by atoms with Crippen LogP contribution < -0.4 is 9.62 Å². The second-order valence-corrected chi connectivity index (χ2v) is 12.6. The molecule has 0 aliphatic heterocycles. The number of anilines is 1. The van der Waals surface area contributed by atoms with Gasteiger partial charge in [0, 0.05) is 27.1 Å². The quantitative estimate of drug-likeness (QED) is 0.299. The van der Waals surface area contributed by atoms with Crippen molar-refractivity contribution >= 4 is 66.7 Å². The molecule has 3 rings (SSSR count). The van der Waals surface area contributed by atoms with Gasteiger partial charge < -0.3 is 10.2 Å². The summed E-state index contributed by atoms with van der Waals surface area (Å²) in [5.41, 5.74) is 0.900. The average Bonchev–Trinajstić information content (AvgIpc) is 2.85. The van der Waals surface area contributed by atoms with Crippen LogP contribution in [0.4, 0.5) is 5.69 Å². The zero-order chi connectivity index (χ0) is 28.0. The molecule has 0 spiro atoms. The Morgan fingerprint density at radius 3 is 2.05 bits per heavy atom. The van der Waals surface area contributed by atoms with Crippen molar-refractivity contribution in [3.63, 3.8) is 0 Å². The highest BCUT2D eigenvalue weighted by Crippen LogP contribution is 2.30. The van der Waals surface area contributed by atoms with Crippen molar-refractivity contribution in [2.24, 2.45) is 0 Å². The summed E-state index contributed by atoms with van der Waals surface area (Å²) in [5.74, 6) is -0.927. The molecule has 3 aromatic carbocycles. The molecule has 11 heteroatoms. The lowest BCUT2D eigenvalue weighted by atomic mass is 10.1. The van der Waals surface area contributed by atoms with Gasteiger partial charge in [0.25, 0.3) is 10.0 Å². The highest BCUT2D eigenvalue weighted by atomic mass is 79.9. The van der Waals surface area contributed by atoms with Crippen molar-refractivity contribution in [2.45, 2.75) is 44.3 Å². The maximum absolute atomic E-state index is 13.8. The number of halogens is 3. The summed E-state index contributed by atoms with van der Waals surface area (Å²) >= 11 is 15.8. The second-order valence-electron chi connectivity index (χ2n) is 8.94. The van der Waals surface area contributed by atoms with Crippen LogP contribution in [0.25, 0.3) is 0 Å². The second kappa shape index (κ2) is 13.0. The van der Waals surface area contributed by atoms with Crippen molar-refractivity contribution in [2.75, 3.05) is 10.8 Å². The van der Waals surface area contributed by atoms with Crippen LogP contribution in [0.5, 0.6) is 0 Å². The zero-order valence-corrected chi connectivity index (χ0v) is 25.0. The molecule has 2 amide bonds. The molecule has 3 aromatic rings. The minimum absolute atomic E-state index is 0.00560. The molecule has 0 aliphatic carbocycles. The van der Waals surface area contributed by atoms with E-state index in [-0.39, 0.29) is 39.1 Å². The molecule has 0 heterocycles. The number of hydrogen-bond donors (Lipinski definition) is 1. The van der Waals surface area contributed by atoms with Gasteiger partial charge in [-0.3, -0.25) is 13.9 Å². The van der Waals surface area contributed by atoms with Gasteiger partial charge in [0.05, 0.1) is 10.6 Å². The molecule has 0 bridgehead atoms. The molecular weight excluding hydrogens is 613 g/mol. The maximum Gasteiger partial charge on any atom is 0.264 e. The third-order valence-corrected chi connectivity index (χ3v) is 8.36. The molecule has 0 aromatic heterocycles. The van der Waals surface area contributed by atoms with E-state index in [0.717, 1.165) is 14.3 Å². The molecule has 0 fully saturated rings. The minimum Gasteiger partial charge on any atom is -0.352 e. The maximum atomic E-state index is 13.8. The van der Waals surface area contributed by atoms with E-state index in [1.807, 2.05) is 38.1 Å². The van der Waals surface area contributed by atoms with Gasteiger partial charge in [0.1, 0.15) is 12.6 Å². The Kier molecular flexibility index (Phi) is 10.2. The highest BCUT2D eigenvalue weighted by Gasteiger charge is 2.33. The smallest absolute Gasteiger partial charge is 0.264 e. The summed E-state index contributed by atoms with van der Waals surface area (Å²) in [7, 11) is -4.20. The molecule has 0 saturated carbocycles. The summed E-state index contributed by atoms with van der Waals surface area (Å²) in [6.45, 7) is 4.77. The number of sulfonamides is 1. The third-order valence-electron chi connectivity index (χ3n) is 5.61. The molecule has 1 unspecified atom stereocenters. The number of rotatable bonds is 10. The lowest BCUT2D eigenvalue weighted by Crippen LogP contribution is -2.52. The van der Waals surface area contributed by atoms with Crippen LogP contribution in [0.15, 0.2) is 82.2 Å². The summed E-state index contributed by atoms with van der Waals surface area (Å²) in [5, 5.41) is 3.25. The highest BCUT2D eigenvalue weighted by molar-refractivity contribution is 9.10. The number of nitrogens with zero attached hydrogens (tertiary/aromatic N) is 2. The predicted octanol–water partition coefficient (Wildman–Crippen LogP) is 5.89. The van der Waals surface area contributed by atoms with Crippen LogP contribution >= 0.6 is 39.1 Å². The van der Waals surface area contributed by atoms with Crippen molar-refractivity contribution in [1.82, 2.24) is 10.2 Å². The van der Waals surface area contributed by atoms with E-state index in [4.69, 9.17) is 23.2 Å². The van der Waals surface area contributed by atoms with Crippen molar-refractivity contribution in [3.05, 3.63) is 92.9 Å². The van der Waals surface area contributed by atoms with E-state index in [1.165, 1.54) is 35.2 Å². The molecule has 38 heavy (non-hydrogen) atoms. The SMILES string of the molecule is CC(C)NC(=O)C(C)N(Cc1ccc(Br)cc1)C(=O)CN(c1cc(Cl)cc(Cl)c1)S(=O)(=O)c1ccccc1. The molecule has 1 N–H and O–H groups in total. The number of nitrogens with one attached hydrogen (secondary N) is 1. The summed E-state index contributed by atoms with van der Waals surface area (Å²) < 4.78 is 29.3. The van der Waals surface area contributed by atoms with Crippen LogP contribution in [0.3, 0.4) is 0 Å². The number of benzene rings is 3. The Morgan fingerprint density at radius 2 is 1.50 bits per heavy atom. The fourth-order valence-corrected chi connectivity index (χ4v) is 5.90. The Bertz CT molecular complexity index is 1370. The van der Waals surface area contributed by atoms with E-state index in [2.05, 4.69) is 21.2 Å². The Hall–Kier alpha value is -2.59. The molecule has 1 atom stereocenters. The lowest BCUT2D eigenvalue weighted by Gasteiger charge is -2.32. The normalized spacial score (nSPS) is 12.2. The standard InChI is InChI=1S/C27H28BrCl2N3O4S/c1-18(2)31-27(35)19(3)32(16-20-9-11-21(28)12-10-20)26(34)17-33(24-14-22(29)13-23(30)15-24)38(36,37)25-7-5-4-6-8-25/h4-15,18-19H,16-17H2,1-3H3,(H,31,35). The van der Waals surface area contributed by atoms with E-state index in [0.29, 0.717) is 0 Å². The van der Waals surface area contributed by atoms with Gasteiger partial charge >= 0.3 is 0 Å². The van der Waals surface area contributed by atoms with Gasteiger partial charge in [0.2, 0.25) is 11.8 Å². The minimum atomic E-state index is -4.20. The summed E-state index contributed by atoms with van der Waals surface area (Å²) in [6.07, 6.45) is 0. The number of hydrogen-bond acceptors (Lipinski definition) is 4. The van der Waals surface area contributed by atoms with Gasteiger partial charge in [-0.25, -0.2) is 8.42 Å². The van der Waals surface area contributed by atoms with Gasteiger partial charge in [0.15, 0.2) is 0 Å². The largest absolute Gasteiger partial charge is 0.352 e. The monoisotopic (exact) mass is 639 g/mol. The number of carbonyl (C=O) groups is 2. The van der Waals surface area contributed by atoms with Crippen LogP contribution in [0, 0.1) is 0 Å². The predicted molar refractivity (Wildman–Crippen MR) is 155 cm³/mol. The summed E-state index contributed by atoms with van der Waals surface area (Å²) in [4.78, 5) is 28.1. The fraction of sp³-hybridized carbons (Fsp3) is 0.259. The van der Waals surface area contributed by atoms with Gasteiger partial charge in [-0.15, -0.1) is 0 Å². The van der Waals surface area contributed by atoms with Gasteiger partial charge in [-0.05, 0) is 68.8 Å². The third kappa shape index (κ3) is 7.72. The van der Waals surface area contributed by atoms with E-state index < -0.39 is 28.5 Å². The Labute approximate surface area is 241 Å². The first-order chi connectivity index (χ1) is 17.9. The van der Waals surface area contributed by atoms with Crippen LogP contribution in [-0.4, -0.2) is 43.8 Å². The van der Waals surface area contributed by atoms with Crippen LogP contribution in [0.2, 0.25) is 10.0 Å². The van der Waals surface area contributed by atoms with E-state index >= 15 is 0 Å². The van der Waals surface area contributed by atoms with Crippen molar-refractivity contribution in [3.8, 4) is 0 Å². The first-order valence-electron chi connectivity index (χ1n) is 11.8. The van der Waals surface area contributed by atoms with Gasteiger partial charge in [-0.1, -0.05) is 69.5 Å². The molecule has 7 nitrogen and oxygen atoms in total. The molecular formula is C27H28BrCl2N3O4S. The topological polar surface area (TPSA) is 86.8 Å². The molecule has 0 radical (unpaired) electrons. The van der Waals surface area contributed by atoms with E-state index in [9.17, 15) is 18.0 Å². The fourth-order valence-electron chi connectivity index (χ4n) is 3.71. The first-order valence-corrected chi connectivity index (χ1v) is 14.8. The number of amides is 2. The molecule has 0 saturated heterocycles. The van der Waals surface area contributed by atoms with Crippen LogP contribution in [0.1, 0.15) is 26.3 Å². The van der Waals surface area contributed by atoms with E-state index in [1.54, 1.807) is 25.1 Å². The van der Waals surface area contributed by atoms with Crippen molar-refractivity contribution in [1.29, 1.82) is 0 Å². The van der Waals surface area contributed by atoms with Crippen LogP contribution in [-0.2, 0) is 26.2 Å². The molecule has 0 aliphatic rings. The molecule has 202 valence electrons. The number of carbonyl (C=O) groups excluding carboxylic acids is 2. The van der Waals surface area contributed by atoms with Gasteiger partial charge in [-0.2, -0.15) is 0 Å².